The summed E-state index contributed by atoms with van der Waals surface area (Å²) in [5.74, 6) is -0.607. The lowest BCUT2D eigenvalue weighted by Crippen LogP contribution is -2.49. The van der Waals surface area contributed by atoms with Crippen molar-refractivity contribution in [3.63, 3.8) is 0 Å². The standard InChI is InChI=1S/C21H31N3O4/c1-15(23-20(27)28-21(2,3)4)19(26)24-17(13-14-18(25)22-5)12-11-16-9-7-6-8-10-16/h6-10,13-15,17H,11-12H2,1-5H3,(H,22,25)(H,23,27)(H,24,26)/b14-13+/t15-,17-/m0/s1. The van der Waals surface area contributed by atoms with Crippen molar-refractivity contribution in [3.8, 4) is 0 Å². The summed E-state index contributed by atoms with van der Waals surface area (Å²) in [7, 11) is 1.54. The normalized spacial score (nSPS) is 13.5. The molecule has 28 heavy (non-hydrogen) atoms. The second-order valence-corrected chi connectivity index (χ2v) is 7.48. The van der Waals surface area contributed by atoms with Crippen LogP contribution in [0.4, 0.5) is 4.79 Å². The monoisotopic (exact) mass is 389 g/mol. The smallest absolute Gasteiger partial charge is 0.408 e. The fraction of sp³-hybridized carbons (Fsp3) is 0.476. The number of benzene rings is 1. The molecule has 1 rings (SSSR count). The molecule has 0 heterocycles. The zero-order valence-corrected chi connectivity index (χ0v) is 17.2. The molecule has 1 aromatic carbocycles. The lowest BCUT2D eigenvalue weighted by molar-refractivity contribution is -0.123. The number of hydrogen-bond donors (Lipinski definition) is 3. The largest absolute Gasteiger partial charge is 0.444 e. The number of rotatable bonds is 8. The van der Waals surface area contributed by atoms with Crippen LogP contribution in [0.15, 0.2) is 42.5 Å². The van der Waals surface area contributed by atoms with Crippen molar-refractivity contribution in [2.75, 3.05) is 7.05 Å². The van der Waals surface area contributed by atoms with E-state index in [1.54, 1.807) is 33.8 Å². The molecule has 3 amide bonds. The Kier molecular flexibility index (Phi) is 9.21. The molecule has 0 fully saturated rings. The van der Waals surface area contributed by atoms with Crippen LogP contribution in [0, 0.1) is 0 Å². The van der Waals surface area contributed by atoms with Gasteiger partial charge in [0.05, 0.1) is 0 Å². The van der Waals surface area contributed by atoms with E-state index in [-0.39, 0.29) is 17.9 Å². The number of alkyl carbamates (subject to hydrolysis) is 1. The Morgan fingerprint density at radius 1 is 1.11 bits per heavy atom. The minimum Gasteiger partial charge on any atom is -0.444 e. The average Bonchev–Trinajstić information content (AvgIpc) is 2.62. The van der Waals surface area contributed by atoms with Crippen LogP contribution < -0.4 is 16.0 Å². The van der Waals surface area contributed by atoms with Crippen LogP contribution in [0.5, 0.6) is 0 Å². The molecular weight excluding hydrogens is 358 g/mol. The second kappa shape index (κ2) is 11.1. The summed E-state index contributed by atoms with van der Waals surface area (Å²) in [6.07, 6.45) is 3.74. The van der Waals surface area contributed by atoms with E-state index in [9.17, 15) is 14.4 Å². The van der Waals surface area contributed by atoms with Crippen LogP contribution in [0.25, 0.3) is 0 Å². The third-order valence-corrected chi connectivity index (χ3v) is 3.77. The Bertz CT molecular complexity index is 681. The average molecular weight is 389 g/mol. The highest BCUT2D eigenvalue weighted by molar-refractivity contribution is 5.88. The number of ether oxygens (including phenoxy) is 1. The van der Waals surface area contributed by atoms with E-state index in [0.717, 1.165) is 12.0 Å². The zero-order chi connectivity index (χ0) is 21.2. The molecular formula is C21H31N3O4. The van der Waals surface area contributed by atoms with Gasteiger partial charge in [-0.15, -0.1) is 0 Å². The number of likely N-dealkylation sites (N-methyl/N-ethyl adjacent to an activating group) is 1. The number of carbonyl (C=O) groups is 3. The zero-order valence-electron chi connectivity index (χ0n) is 17.2. The molecule has 0 spiro atoms. The Hall–Kier alpha value is -2.83. The number of amides is 3. The first-order valence-corrected chi connectivity index (χ1v) is 9.34. The molecule has 0 saturated carbocycles. The van der Waals surface area contributed by atoms with Gasteiger partial charge in [-0.05, 0) is 46.1 Å². The van der Waals surface area contributed by atoms with E-state index in [1.807, 2.05) is 30.3 Å². The van der Waals surface area contributed by atoms with Gasteiger partial charge >= 0.3 is 6.09 Å². The van der Waals surface area contributed by atoms with E-state index >= 15 is 0 Å². The van der Waals surface area contributed by atoms with E-state index in [4.69, 9.17) is 4.74 Å². The van der Waals surface area contributed by atoms with Gasteiger partial charge in [0, 0.05) is 19.2 Å². The maximum absolute atomic E-state index is 12.5. The lowest BCUT2D eigenvalue weighted by Gasteiger charge is -2.23. The summed E-state index contributed by atoms with van der Waals surface area (Å²) in [5, 5.41) is 7.88. The summed E-state index contributed by atoms with van der Waals surface area (Å²) < 4.78 is 5.17. The molecule has 7 heteroatoms. The minimum atomic E-state index is -0.775. The van der Waals surface area contributed by atoms with Crippen molar-refractivity contribution in [1.29, 1.82) is 0 Å². The molecule has 0 aromatic heterocycles. The van der Waals surface area contributed by atoms with Gasteiger partial charge < -0.3 is 20.7 Å². The predicted molar refractivity (Wildman–Crippen MR) is 109 cm³/mol. The molecule has 3 N–H and O–H groups in total. The van der Waals surface area contributed by atoms with Crippen LogP contribution in [0.3, 0.4) is 0 Å². The number of aryl methyl sites for hydroxylation is 1. The molecule has 2 atom stereocenters. The summed E-state index contributed by atoms with van der Waals surface area (Å²) in [6.45, 7) is 6.83. The number of nitrogens with one attached hydrogen (secondary N) is 3. The summed E-state index contributed by atoms with van der Waals surface area (Å²) >= 11 is 0. The first-order valence-electron chi connectivity index (χ1n) is 9.34. The number of hydrogen-bond acceptors (Lipinski definition) is 4. The maximum Gasteiger partial charge on any atom is 0.408 e. The molecule has 0 saturated heterocycles. The molecule has 154 valence electrons. The van der Waals surface area contributed by atoms with Gasteiger partial charge in [-0.2, -0.15) is 0 Å². The van der Waals surface area contributed by atoms with E-state index in [0.29, 0.717) is 6.42 Å². The molecule has 0 bridgehead atoms. The topological polar surface area (TPSA) is 96.5 Å². The van der Waals surface area contributed by atoms with Crippen molar-refractivity contribution in [3.05, 3.63) is 48.0 Å². The third-order valence-electron chi connectivity index (χ3n) is 3.77. The highest BCUT2D eigenvalue weighted by atomic mass is 16.6. The molecule has 0 aliphatic carbocycles. The maximum atomic E-state index is 12.5. The first kappa shape index (κ1) is 23.2. The van der Waals surface area contributed by atoms with Crippen LogP contribution in [-0.2, 0) is 20.7 Å². The van der Waals surface area contributed by atoms with Gasteiger partial charge in [0.25, 0.3) is 0 Å². The van der Waals surface area contributed by atoms with Gasteiger partial charge in [-0.3, -0.25) is 9.59 Å². The third kappa shape index (κ3) is 9.75. The molecule has 7 nitrogen and oxygen atoms in total. The Balaban J connectivity index is 2.69. The number of carbonyl (C=O) groups excluding carboxylic acids is 3. The van der Waals surface area contributed by atoms with Crippen molar-refractivity contribution in [2.24, 2.45) is 0 Å². The second-order valence-electron chi connectivity index (χ2n) is 7.48. The van der Waals surface area contributed by atoms with Gasteiger partial charge in [-0.25, -0.2) is 4.79 Å². The first-order chi connectivity index (χ1) is 13.1. The van der Waals surface area contributed by atoms with E-state index in [1.165, 1.54) is 13.1 Å². The van der Waals surface area contributed by atoms with Gasteiger partial charge in [0.15, 0.2) is 0 Å². The van der Waals surface area contributed by atoms with Gasteiger partial charge in [0.2, 0.25) is 11.8 Å². The molecule has 0 aliphatic heterocycles. The van der Waals surface area contributed by atoms with E-state index in [2.05, 4.69) is 16.0 Å². The van der Waals surface area contributed by atoms with Crippen molar-refractivity contribution in [1.82, 2.24) is 16.0 Å². The van der Waals surface area contributed by atoms with Crippen LogP contribution in [0.2, 0.25) is 0 Å². The summed E-state index contributed by atoms with van der Waals surface area (Å²) in [5.41, 5.74) is 0.490. The van der Waals surface area contributed by atoms with Crippen molar-refractivity contribution in [2.45, 2.75) is 58.2 Å². The fourth-order valence-electron chi connectivity index (χ4n) is 2.33. The Morgan fingerprint density at radius 3 is 2.32 bits per heavy atom. The Labute approximate surface area is 166 Å². The molecule has 0 radical (unpaired) electrons. The van der Waals surface area contributed by atoms with Gasteiger partial charge in [0.1, 0.15) is 11.6 Å². The van der Waals surface area contributed by atoms with Crippen molar-refractivity contribution < 1.29 is 19.1 Å². The van der Waals surface area contributed by atoms with Gasteiger partial charge in [-0.1, -0.05) is 36.4 Å². The summed E-state index contributed by atoms with van der Waals surface area (Å²) in [6, 6.07) is 8.74. The highest BCUT2D eigenvalue weighted by Gasteiger charge is 2.22. The lowest BCUT2D eigenvalue weighted by atomic mass is 10.0. The Morgan fingerprint density at radius 2 is 1.75 bits per heavy atom. The fourth-order valence-corrected chi connectivity index (χ4v) is 2.33. The summed E-state index contributed by atoms with van der Waals surface area (Å²) in [4.78, 5) is 35.8. The molecule has 0 aliphatic rings. The quantitative estimate of drug-likeness (QED) is 0.595. The van der Waals surface area contributed by atoms with Crippen molar-refractivity contribution >= 4 is 17.9 Å². The predicted octanol–water partition coefficient (Wildman–Crippen LogP) is 2.32. The van der Waals surface area contributed by atoms with Crippen LogP contribution in [0.1, 0.15) is 39.7 Å². The van der Waals surface area contributed by atoms with E-state index < -0.39 is 17.7 Å². The van der Waals surface area contributed by atoms with Crippen LogP contribution in [-0.4, -0.2) is 42.6 Å². The minimum absolute atomic E-state index is 0.251. The highest BCUT2D eigenvalue weighted by Crippen LogP contribution is 2.08. The SMILES string of the molecule is CNC(=O)/C=C/[C@H](CCc1ccccc1)NC(=O)[C@H](C)NC(=O)OC(C)(C)C. The molecule has 1 aromatic rings. The molecule has 0 unspecified atom stereocenters. The van der Waals surface area contributed by atoms with Crippen LogP contribution >= 0.6 is 0 Å².